The monoisotopic (exact) mass is 291 g/mol. The topological polar surface area (TPSA) is 3.24 Å². The lowest BCUT2D eigenvalue weighted by molar-refractivity contribution is -0.0888. The highest BCUT2D eigenvalue weighted by Crippen LogP contribution is 2.35. The lowest BCUT2D eigenvalue weighted by Crippen LogP contribution is -2.29. The van der Waals surface area contributed by atoms with Crippen molar-refractivity contribution in [1.82, 2.24) is 4.90 Å². The minimum absolute atomic E-state index is 0.218. The van der Waals surface area contributed by atoms with Gasteiger partial charge in [-0.2, -0.15) is 13.2 Å². The molecule has 0 N–H and O–H groups in total. The van der Waals surface area contributed by atoms with Gasteiger partial charge in [-0.3, -0.25) is 0 Å². The van der Waals surface area contributed by atoms with Crippen LogP contribution in [0.15, 0.2) is 53.6 Å². The highest BCUT2D eigenvalue weighted by atomic mass is 19.4. The molecule has 3 rings (SSSR count). The number of rotatable bonds is 0. The molecule has 1 heterocycles. The van der Waals surface area contributed by atoms with Crippen LogP contribution in [-0.4, -0.2) is 24.7 Å². The zero-order valence-electron chi connectivity index (χ0n) is 11.7. The molecular weight excluding hydrogens is 275 g/mol. The average molecular weight is 291 g/mol. The molecule has 0 fully saturated rings. The van der Waals surface area contributed by atoms with Gasteiger partial charge in [-0.1, -0.05) is 48.6 Å². The minimum atomic E-state index is -4.28. The first-order chi connectivity index (χ1) is 9.93. The van der Waals surface area contributed by atoms with E-state index in [9.17, 15) is 13.2 Å². The summed E-state index contributed by atoms with van der Waals surface area (Å²) in [4.78, 5) is 2.07. The van der Waals surface area contributed by atoms with Crippen LogP contribution in [0.25, 0.3) is 6.08 Å². The van der Waals surface area contributed by atoms with E-state index in [0.717, 1.165) is 17.7 Å². The SMILES string of the molecule is CN1Cc2ccccc2/C=C2\C=CC(C(F)(F)F)=CC2C1. The molecule has 0 spiro atoms. The van der Waals surface area contributed by atoms with Crippen LogP contribution in [0, 0.1) is 5.92 Å². The third kappa shape index (κ3) is 2.95. The van der Waals surface area contributed by atoms with E-state index in [1.807, 2.05) is 31.3 Å². The summed E-state index contributed by atoms with van der Waals surface area (Å²) >= 11 is 0. The van der Waals surface area contributed by atoms with E-state index >= 15 is 0 Å². The number of benzene rings is 1. The average Bonchev–Trinajstić information content (AvgIpc) is 2.39. The molecule has 1 aromatic carbocycles. The van der Waals surface area contributed by atoms with Crippen LogP contribution in [0.5, 0.6) is 0 Å². The molecule has 1 nitrogen and oxygen atoms in total. The molecule has 0 bridgehead atoms. The third-order valence-electron chi connectivity index (χ3n) is 3.92. The number of fused-ring (bicyclic) bond motifs is 2. The van der Waals surface area contributed by atoms with Gasteiger partial charge in [-0.15, -0.1) is 0 Å². The first-order valence-corrected chi connectivity index (χ1v) is 6.88. The highest BCUT2D eigenvalue weighted by Gasteiger charge is 2.34. The summed E-state index contributed by atoms with van der Waals surface area (Å²) in [5, 5.41) is 0. The summed E-state index contributed by atoms with van der Waals surface area (Å²) in [6.45, 7) is 1.33. The molecule has 1 aromatic rings. The molecule has 4 heteroatoms. The normalized spacial score (nSPS) is 25.0. The van der Waals surface area contributed by atoms with Gasteiger partial charge in [0.1, 0.15) is 0 Å². The van der Waals surface area contributed by atoms with Crippen LogP contribution in [-0.2, 0) is 6.54 Å². The second-order valence-electron chi connectivity index (χ2n) is 5.60. The van der Waals surface area contributed by atoms with Crippen molar-refractivity contribution < 1.29 is 13.2 Å². The molecule has 0 saturated carbocycles. The van der Waals surface area contributed by atoms with Gasteiger partial charge in [-0.05, 0) is 23.7 Å². The first kappa shape index (κ1) is 14.1. The van der Waals surface area contributed by atoms with E-state index in [1.165, 1.54) is 17.7 Å². The van der Waals surface area contributed by atoms with Crippen LogP contribution in [0.1, 0.15) is 11.1 Å². The zero-order chi connectivity index (χ0) is 15.0. The van der Waals surface area contributed by atoms with Gasteiger partial charge in [-0.25, -0.2) is 0 Å². The maximum atomic E-state index is 12.9. The van der Waals surface area contributed by atoms with Crippen LogP contribution >= 0.6 is 0 Å². The summed E-state index contributed by atoms with van der Waals surface area (Å²) in [7, 11) is 1.94. The number of halogens is 3. The van der Waals surface area contributed by atoms with Crippen molar-refractivity contribution in [2.45, 2.75) is 12.7 Å². The van der Waals surface area contributed by atoms with E-state index in [0.29, 0.717) is 6.54 Å². The van der Waals surface area contributed by atoms with Crippen molar-refractivity contribution in [3.63, 3.8) is 0 Å². The molecule has 2 aliphatic rings. The summed E-state index contributed by atoms with van der Waals surface area (Å²) in [5.41, 5.74) is 2.66. The Labute approximate surface area is 122 Å². The standard InChI is InChI=1S/C17H16F3N/c1-21-10-14-5-3-2-4-12(14)8-13-6-7-16(17(18,19)20)9-15(13)11-21/h2-9,15H,10-11H2,1H3/b13-8+. The molecular formula is C17H16F3N. The van der Waals surface area contributed by atoms with Crippen molar-refractivity contribution in [1.29, 1.82) is 0 Å². The van der Waals surface area contributed by atoms with Gasteiger partial charge in [0.2, 0.25) is 0 Å². The van der Waals surface area contributed by atoms with Crippen LogP contribution in [0.2, 0.25) is 0 Å². The van der Waals surface area contributed by atoms with Crippen LogP contribution in [0.4, 0.5) is 13.2 Å². The maximum Gasteiger partial charge on any atom is 0.416 e. The van der Waals surface area contributed by atoms with Gasteiger partial charge in [0.15, 0.2) is 0 Å². The molecule has 1 unspecified atom stereocenters. The smallest absolute Gasteiger partial charge is 0.301 e. The fraction of sp³-hybridized carbons (Fsp3) is 0.294. The van der Waals surface area contributed by atoms with E-state index in [1.54, 1.807) is 6.08 Å². The Bertz CT molecular complexity index is 638. The lowest BCUT2D eigenvalue weighted by atomic mass is 9.87. The molecule has 0 saturated heterocycles. The zero-order valence-corrected chi connectivity index (χ0v) is 11.7. The van der Waals surface area contributed by atoms with Crippen LogP contribution in [0.3, 0.4) is 0 Å². The Morgan fingerprint density at radius 3 is 2.67 bits per heavy atom. The molecule has 1 aliphatic heterocycles. The van der Waals surface area contributed by atoms with E-state index < -0.39 is 11.7 Å². The quantitative estimate of drug-likeness (QED) is 0.693. The molecule has 21 heavy (non-hydrogen) atoms. The van der Waals surface area contributed by atoms with Gasteiger partial charge >= 0.3 is 6.18 Å². The number of allylic oxidation sites excluding steroid dienone is 3. The van der Waals surface area contributed by atoms with Crippen molar-refractivity contribution >= 4 is 6.08 Å². The van der Waals surface area contributed by atoms with E-state index in [2.05, 4.69) is 11.0 Å². The molecule has 0 radical (unpaired) electrons. The largest absolute Gasteiger partial charge is 0.416 e. The van der Waals surface area contributed by atoms with Crippen molar-refractivity contribution in [3.8, 4) is 0 Å². The number of hydrogen-bond donors (Lipinski definition) is 0. The molecule has 1 atom stereocenters. The van der Waals surface area contributed by atoms with Crippen LogP contribution < -0.4 is 0 Å². The van der Waals surface area contributed by atoms with Crippen molar-refractivity contribution in [2.24, 2.45) is 5.92 Å². The fourth-order valence-corrected chi connectivity index (χ4v) is 2.87. The molecule has 0 amide bonds. The Kier molecular flexibility index (Phi) is 3.49. The lowest BCUT2D eigenvalue weighted by Gasteiger charge is -2.29. The molecule has 0 aromatic heterocycles. The first-order valence-electron chi connectivity index (χ1n) is 6.88. The van der Waals surface area contributed by atoms with Gasteiger partial charge in [0.05, 0.1) is 5.57 Å². The number of hydrogen-bond acceptors (Lipinski definition) is 1. The van der Waals surface area contributed by atoms with E-state index in [-0.39, 0.29) is 5.92 Å². The molecule has 1 aliphatic carbocycles. The fourth-order valence-electron chi connectivity index (χ4n) is 2.87. The van der Waals surface area contributed by atoms with Gasteiger partial charge in [0.25, 0.3) is 0 Å². The third-order valence-corrected chi connectivity index (χ3v) is 3.92. The number of nitrogens with zero attached hydrogens (tertiary/aromatic N) is 1. The van der Waals surface area contributed by atoms with Crippen molar-refractivity contribution in [2.75, 3.05) is 13.6 Å². The second-order valence-corrected chi connectivity index (χ2v) is 5.60. The van der Waals surface area contributed by atoms with Crippen molar-refractivity contribution in [3.05, 3.63) is 64.8 Å². The maximum absolute atomic E-state index is 12.9. The van der Waals surface area contributed by atoms with Gasteiger partial charge < -0.3 is 4.90 Å². The Balaban J connectivity index is 2.03. The Morgan fingerprint density at radius 2 is 1.90 bits per heavy atom. The summed E-state index contributed by atoms with van der Waals surface area (Å²) < 4.78 is 38.6. The summed E-state index contributed by atoms with van der Waals surface area (Å²) in [5.74, 6) is -0.218. The second kappa shape index (κ2) is 5.19. The Hall–Kier alpha value is -1.81. The van der Waals surface area contributed by atoms with Gasteiger partial charge in [0, 0.05) is 19.0 Å². The summed E-state index contributed by atoms with van der Waals surface area (Å²) in [6.07, 6.45) is 1.85. The molecule has 110 valence electrons. The minimum Gasteiger partial charge on any atom is -0.301 e. The number of alkyl halides is 3. The predicted octanol–water partition coefficient (Wildman–Crippen LogP) is 4.19. The Morgan fingerprint density at radius 1 is 1.14 bits per heavy atom. The highest BCUT2D eigenvalue weighted by molar-refractivity contribution is 5.62. The predicted molar refractivity (Wildman–Crippen MR) is 77.5 cm³/mol. The van der Waals surface area contributed by atoms with E-state index in [4.69, 9.17) is 0 Å². The summed E-state index contributed by atoms with van der Waals surface area (Å²) in [6, 6.07) is 8.01.